The molecule has 1 nitrogen and oxygen atoms in total. The SMILES string of the molecule is CCC1CCCC(C(N)c2ccc(C)cc2C)C1. The second kappa shape index (κ2) is 5.88. The van der Waals surface area contributed by atoms with Gasteiger partial charge in [0.15, 0.2) is 0 Å². The third-order valence-electron chi connectivity index (χ3n) is 4.69. The van der Waals surface area contributed by atoms with E-state index in [0.717, 1.165) is 5.92 Å². The lowest BCUT2D eigenvalue weighted by Crippen LogP contribution is -2.27. The van der Waals surface area contributed by atoms with Gasteiger partial charge in [0.05, 0.1) is 0 Å². The fourth-order valence-corrected chi connectivity index (χ4v) is 3.48. The average molecular weight is 245 g/mol. The summed E-state index contributed by atoms with van der Waals surface area (Å²) in [6.45, 7) is 6.66. The summed E-state index contributed by atoms with van der Waals surface area (Å²) in [7, 11) is 0. The highest BCUT2D eigenvalue weighted by molar-refractivity contribution is 5.33. The third-order valence-corrected chi connectivity index (χ3v) is 4.69. The molecule has 2 rings (SSSR count). The molecule has 18 heavy (non-hydrogen) atoms. The minimum atomic E-state index is 0.236. The number of benzene rings is 1. The van der Waals surface area contributed by atoms with Crippen molar-refractivity contribution in [3.63, 3.8) is 0 Å². The number of nitrogens with two attached hydrogens (primary N) is 1. The lowest BCUT2D eigenvalue weighted by atomic mass is 9.75. The van der Waals surface area contributed by atoms with Gasteiger partial charge in [0.25, 0.3) is 0 Å². The van der Waals surface area contributed by atoms with Gasteiger partial charge in [0.2, 0.25) is 0 Å². The molecular weight excluding hydrogens is 218 g/mol. The Labute approximate surface area is 112 Å². The molecule has 3 unspecified atom stereocenters. The summed E-state index contributed by atoms with van der Waals surface area (Å²) >= 11 is 0. The monoisotopic (exact) mass is 245 g/mol. The molecule has 0 aliphatic heterocycles. The smallest absolute Gasteiger partial charge is 0.0326 e. The largest absolute Gasteiger partial charge is 0.324 e. The maximum Gasteiger partial charge on any atom is 0.0326 e. The molecule has 2 N–H and O–H groups in total. The van der Waals surface area contributed by atoms with E-state index < -0.39 is 0 Å². The van der Waals surface area contributed by atoms with Gasteiger partial charge < -0.3 is 5.73 Å². The molecule has 3 atom stereocenters. The van der Waals surface area contributed by atoms with E-state index in [9.17, 15) is 0 Å². The molecule has 100 valence electrons. The molecule has 1 fully saturated rings. The van der Waals surface area contributed by atoms with E-state index in [0.29, 0.717) is 5.92 Å². The Morgan fingerprint density at radius 3 is 2.72 bits per heavy atom. The van der Waals surface area contributed by atoms with Gasteiger partial charge in [-0.25, -0.2) is 0 Å². The van der Waals surface area contributed by atoms with Crippen LogP contribution in [-0.4, -0.2) is 0 Å². The van der Waals surface area contributed by atoms with Gasteiger partial charge >= 0.3 is 0 Å². The van der Waals surface area contributed by atoms with Crippen LogP contribution in [0.2, 0.25) is 0 Å². The Morgan fingerprint density at radius 1 is 1.28 bits per heavy atom. The first-order valence-corrected chi connectivity index (χ1v) is 7.44. The normalized spacial score (nSPS) is 26.0. The highest BCUT2D eigenvalue weighted by Crippen LogP contribution is 2.38. The summed E-state index contributed by atoms with van der Waals surface area (Å²) in [6, 6.07) is 6.93. The van der Waals surface area contributed by atoms with Crippen LogP contribution in [-0.2, 0) is 0 Å². The Hall–Kier alpha value is -0.820. The van der Waals surface area contributed by atoms with Crippen molar-refractivity contribution >= 4 is 0 Å². The predicted octanol–water partition coefficient (Wildman–Crippen LogP) is 4.52. The predicted molar refractivity (Wildman–Crippen MR) is 78.6 cm³/mol. The second-order valence-electron chi connectivity index (χ2n) is 6.09. The molecule has 1 aliphatic carbocycles. The first-order valence-electron chi connectivity index (χ1n) is 7.44. The zero-order valence-electron chi connectivity index (χ0n) is 12.1. The number of hydrogen-bond acceptors (Lipinski definition) is 1. The molecule has 0 aromatic heterocycles. The maximum absolute atomic E-state index is 6.54. The average Bonchev–Trinajstić information content (AvgIpc) is 2.38. The number of aryl methyl sites for hydroxylation is 2. The van der Waals surface area contributed by atoms with Crippen molar-refractivity contribution in [2.75, 3.05) is 0 Å². The van der Waals surface area contributed by atoms with Gasteiger partial charge in [0, 0.05) is 6.04 Å². The molecule has 0 bridgehead atoms. The Morgan fingerprint density at radius 2 is 2.06 bits per heavy atom. The van der Waals surface area contributed by atoms with E-state index in [-0.39, 0.29) is 6.04 Å². The molecule has 0 heterocycles. The lowest BCUT2D eigenvalue weighted by molar-refractivity contribution is 0.230. The van der Waals surface area contributed by atoms with E-state index in [1.54, 1.807) is 0 Å². The molecular formula is C17H27N. The van der Waals surface area contributed by atoms with Crippen molar-refractivity contribution in [1.82, 2.24) is 0 Å². The Balaban J connectivity index is 2.12. The van der Waals surface area contributed by atoms with Gasteiger partial charge in [-0.05, 0) is 49.7 Å². The van der Waals surface area contributed by atoms with Gasteiger partial charge in [-0.1, -0.05) is 49.9 Å². The fraction of sp³-hybridized carbons (Fsp3) is 0.647. The second-order valence-corrected chi connectivity index (χ2v) is 6.09. The molecule has 1 aromatic rings. The van der Waals surface area contributed by atoms with Gasteiger partial charge in [-0.2, -0.15) is 0 Å². The minimum absolute atomic E-state index is 0.236. The topological polar surface area (TPSA) is 26.0 Å². The zero-order chi connectivity index (χ0) is 13.1. The summed E-state index contributed by atoms with van der Waals surface area (Å²) in [5.74, 6) is 1.59. The van der Waals surface area contributed by atoms with Crippen LogP contribution in [0.15, 0.2) is 18.2 Å². The highest BCUT2D eigenvalue weighted by Gasteiger charge is 2.27. The highest BCUT2D eigenvalue weighted by atomic mass is 14.7. The minimum Gasteiger partial charge on any atom is -0.324 e. The summed E-state index contributed by atoms with van der Waals surface area (Å²) in [5, 5.41) is 0. The summed E-state index contributed by atoms with van der Waals surface area (Å²) in [6.07, 6.45) is 6.72. The first kappa shape index (κ1) is 13.6. The van der Waals surface area contributed by atoms with Gasteiger partial charge in [0.1, 0.15) is 0 Å². The third kappa shape index (κ3) is 2.95. The quantitative estimate of drug-likeness (QED) is 0.832. The molecule has 1 aliphatic rings. The van der Waals surface area contributed by atoms with E-state index >= 15 is 0 Å². The summed E-state index contributed by atoms with van der Waals surface area (Å²) < 4.78 is 0. The van der Waals surface area contributed by atoms with Crippen LogP contribution < -0.4 is 5.73 Å². The van der Waals surface area contributed by atoms with Crippen LogP contribution in [0.4, 0.5) is 0 Å². The molecule has 0 radical (unpaired) electrons. The standard InChI is InChI=1S/C17H27N/c1-4-14-6-5-7-15(11-14)17(18)16-9-8-12(2)10-13(16)3/h8-10,14-15,17H,4-7,11,18H2,1-3H3. The van der Waals surface area contributed by atoms with Crippen LogP contribution in [0, 0.1) is 25.7 Å². The van der Waals surface area contributed by atoms with Gasteiger partial charge in [-0.15, -0.1) is 0 Å². The molecule has 1 heteroatoms. The van der Waals surface area contributed by atoms with Crippen molar-refractivity contribution in [3.8, 4) is 0 Å². The van der Waals surface area contributed by atoms with Crippen molar-refractivity contribution < 1.29 is 0 Å². The maximum atomic E-state index is 6.54. The number of hydrogen-bond donors (Lipinski definition) is 1. The fourth-order valence-electron chi connectivity index (χ4n) is 3.48. The van der Waals surface area contributed by atoms with E-state index in [2.05, 4.69) is 39.0 Å². The molecule has 1 aromatic carbocycles. The first-order chi connectivity index (χ1) is 8.61. The lowest BCUT2D eigenvalue weighted by Gasteiger charge is -2.33. The molecule has 0 spiro atoms. The van der Waals surface area contributed by atoms with Crippen molar-refractivity contribution in [1.29, 1.82) is 0 Å². The van der Waals surface area contributed by atoms with Crippen LogP contribution in [0.25, 0.3) is 0 Å². The molecule has 0 saturated heterocycles. The van der Waals surface area contributed by atoms with E-state index in [4.69, 9.17) is 5.73 Å². The Bertz CT molecular complexity index is 397. The van der Waals surface area contributed by atoms with E-state index in [1.165, 1.54) is 48.8 Å². The van der Waals surface area contributed by atoms with Crippen molar-refractivity contribution in [3.05, 3.63) is 34.9 Å². The van der Waals surface area contributed by atoms with Crippen LogP contribution >= 0.6 is 0 Å². The van der Waals surface area contributed by atoms with Gasteiger partial charge in [-0.3, -0.25) is 0 Å². The molecule has 1 saturated carbocycles. The van der Waals surface area contributed by atoms with Crippen LogP contribution in [0.5, 0.6) is 0 Å². The number of rotatable bonds is 3. The summed E-state index contributed by atoms with van der Waals surface area (Å²) in [5.41, 5.74) is 10.6. The summed E-state index contributed by atoms with van der Waals surface area (Å²) in [4.78, 5) is 0. The molecule has 0 amide bonds. The van der Waals surface area contributed by atoms with Crippen molar-refractivity contribution in [2.45, 2.75) is 58.9 Å². The zero-order valence-corrected chi connectivity index (χ0v) is 12.1. The van der Waals surface area contributed by atoms with Crippen LogP contribution in [0.3, 0.4) is 0 Å². The van der Waals surface area contributed by atoms with Crippen LogP contribution in [0.1, 0.15) is 61.8 Å². The van der Waals surface area contributed by atoms with E-state index in [1.807, 2.05) is 0 Å². The van der Waals surface area contributed by atoms with Crippen molar-refractivity contribution in [2.24, 2.45) is 17.6 Å². The Kier molecular flexibility index (Phi) is 4.45.